The van der Waals surface area contributed by atoms with Crippen LogP contribution in [0.5, 0.6) is 0 Å². The lowest BCUT2D eigenvalue weighted by molar-refractivity contribution is -0.0227. The molecule has 0 aliphatic carbocycles. The Labute approximate surface area is 144 Å². The third-order valence-corrected chi connectivity index (χ3v) is 4.56. The molecule has 0 bridgehead atoms. The van der Waals surface area contributed by atoms with Crippen molar-refractivity contribution >= 4 is 28.4 Å². The zero-order valence-electron chi connectivity index (χ0n) is 12.9. The lowest BCUT2D eigenvalue weighted by atomic mass is 10.1. The quantitative estimate of drug-likeness (QED) is 0.777. The maximum absolute atomic E-state index is 13.0. The third-order valence-electron chi connectivity index (χ3n) is 4.31. The van der Waals surface area contributed by atoms with Gasteiger partial charge in [0.05, 0.1) is 30.4 Å². The molecule has 122 valence electrons. The molecular formula is C18H16ClN3O2. The number of benzene rings is 2. The molecule has 1 aromatic heterocycles. The second-order valence-electron chi connectivity index (χ2n) is 5.80. The second kappa shape index (κ2) is 6.26. The van der Waals surface area contributed by atoms with Gasteiger partial charge in [-0.3, -0.25) is 9.89 Å². The standard InChI is InChI=1S/C18H16ClN3O2/c19-13-6-4-12(5-7-13)17-11-22(8-9-24-17)18(23)14-2-1-3-16-15(14)10-20-21-16/h1-7,10,17H,8-9,11H2,(H,20,21)/t17-/m0/s1. The summed E-state index contributed by atoms with van der Waals surface area (Å²) in [6, 6.07) is 13.2. The monoisotopic (exact) mass is 341 g/mol. The molecule has 0 radical (unpaired) electrons. The number of H-pyrrole nitrogens is 1. The molecule has 24 heavy (non-hydrogen) atoms. The first-order valence-electron chi connectivity index (χ1n) is 7.81. The first kappa shape index (κ1) is 15.2. The predicted molar refractivity (Wildman–Crippen MR) is 92.1 cm³/mol. The van der Waals surface area contributed by atoms with Crippen molar-refractivity contribution in [1.29, 1.82) is 0 Å². The number of carbonyl (C=O) groups is 1. The van der Waals surface area contributed by atoms with E-state index in [1.165, 1.54) is 0 Å². The summed E-state index contributed by atoms with van der Waals surface area (Å²) < 4.78 is 5.84. The number of amides is 1. The van der Waals surface area contributed by atoms with Gasteiger partial charge in [-0.05, 0) is 29.8 Å². The maximum Gasteiger partial charge on any atom is 0.254 e. The molecule has 1 N–H and O–H groups in total. The van der Waals surface area contributed by atoms with Crippen molar-refractivity contribution in [1.82, 2.24) is 15.1 Å². The molecule has 1 aliphatic heterocycles. The van der Waals surface area contributed by atoms with E-state index in [4.69, 9.17) is 16.3 Å². The number of fused-ring (bicyclic) bond motifs is 1. The highest BCUT2D eigenvalue weighted by atomic mass is 35.5. The molecule has 1 fully saturated rings. The molecule has 3 aromatic rings. The molecule has 2 heterocycles. The van der Waals surface area contributed by atoms with Gasteiger partial charge in [0.15, 0.2) is 0 Å². The average Bonchev–Trinajstić information content (AvgIpc) is 3.10. The van der Waals surface area contributed by atoms with Crippen molar-refractivity contribution in [3.63, 3.8) is 0 Å². The van der Waals surface area contributed by atoms with Gasteiger partial charge < -0.3 is 9.64 Å². The minimum Gasteiger partial charge on any atom is -0.370 e. The number of aromatic nitrogens is 2. The molecule has 5 nitrogen and oxygen atoms in total. The van der Waals surface area contributed by atoms with Crippen molar-refractivity contribution in [2.45, 2.75) is 6.10 Å². The number of morpholine rings is 1. The molecule has 2 aromatic carbocycles. The predicted octanol–water partition coefficient (Wildman–Crippen LogP) is 3.43. The number of aromatic amines is 1. The van der Waals surface area contributed by atoms with Crippen molar-refractivity contribution in [2.24, 2.45) is 0 Å². The summed E-state index contributed by atoms with van der Waals surface area (Å²) in [6.07, 6.45) is 1.56. The molecular weight excluding hydrogens is 326 g/mol. The fraction of sp³-hybridized carbons (Fsp3) is 0.222. The first-order chi connectivity index (χ1) is 11.7. The van der Waals surface area contributed by atoms with Gasteiger partial charge in [0.2, 0.25) is 0 Å². The Morgan fingerprint density at radius 2 is 2.08 bits per heavy atom. The van der Waals surface area contributed by atoms with E-state index in [1.54, 1.807) is 6.20 Å². The summed E-state index contributed by atoms with van der Waals surface area (Å²) in [7, 11) is 0. The number of rotatable bonds is 2. The molecule has 0 spiro atoms. The van der Waals surface area contributed by atoms with E-state index in [0.29, 0.717) is 30.3 Å². The Balaban J connectivity index is 1.58. The maximum atomic E-state index is 13.0. The second-order valence-corrected chi connectivity index (χ2v) is 6.24. The normalized spacial score (nSPS) is 18.0. The van der Waals surface area contributed by atoms with Crippen LogP contribution in [-0.2, 0) is 4.74 Å². The van der Waals surface area contributed by atoms with Gasteiger partial charge in [0.25, 0.3) is 5.91 Å². The van der Waals surface area contributed by atoms with Crippen LogP contribution in [0.4, 0.5) is 0 Å². The van der Waals surface area contributed by atoms with Crippen LogP contribution in [0.15, 0.2) is 48.7 Å². The van der Waals surface area contributed by atoms with Crippen LogP contribution in [0.2, 0.25) is 5.02 Å². The minimum absolute atomic E-state index is 0.00395. The van der Waals surface area contributed by atoms with Gasteiger partial charge in [-0.1, -0.05) is 29.8 Å². The van der Waals surface area contributed by atoms with Gasteiger partial charge in [0, 0.05) is 17.0 Å². The number of nitrogens with zero attached hydrogens (tertiary/aromatic N) is 2. The summed E-state index contributed by atoms with van der Waals surface area (Å²) >= 11 is 5.94. The van der Waals surface area contributed by atoms with Crippen molar-refractivity contribution in [3.05, 3.63) is 64.8 Å². The molecule has 0 saturated carbocycles. The average molecular weight is 342 g/mol. The van der Waals surface area contributed by atoms with E-state index in [1.807, 2.05) is 47.4 Å². The highest BCUT2D eigenvalue weighted by Crippen LogP contribution is 2.26. The number of carbonyl (C=O) groups excluding carboxylic acids is 1. The topological polar surface area (TPSA) is 58.2 Å². The summed E-state index contributed by atoms with van der Waals surface area (Å²) in [5.41, 5.74) is 2.56. The van der Waals surface area contributed by atoms with E-state index in [0.717, 1.165) is 16.5 Å². The zero-order chi connectivity index (χ0) is 16.5. The van der Waals surface area contributed by atoms with E-state index in [9.17, 15) is 4.79 Å². The largest absolute Gasteiger partial charge is 0.370 e. The highest BCUT2D eigenvalue weighted by Gasteiger charge is 2.27. The lowest BCUT2D eigenvalue weighted by Gasteiger charge is -2.33. The van der Waals surface area contributed by atoms with Crippen LogP contribution < -0.4 is 0 Å². The van der Waals surface area contributed by atoms with Crippen LogP contribution in [0, 0.1) is 0 Å². The summed E-state index contributed by atoms with van der Waals surface area (Å²) in [4.78, 5) is 14.8. The molecule has 1 saturated heterocycles. The lowest BCUT2D eigenvalue weighted by Crippen LogP contribution is -2.42. The van der Waals surface area contributed by atoms with Crippen molar-refractivity contribution in [3.8, 4) is 0 Å². The summed E-state index contributed by atoms with van der Waals surface area (Å²) in [5, 5.41) is 8.46. The molecule has 4 rings (SSSR count). The van der Waals surface area contributed by atoms with Crippen molar-refractivity contribution in [2.75, 3.05) is 19.7 Å². The van der Waals surface area contributed by atoms with E-state index in [2.05, 4.69) is 10.2 Å². The molecule has 1 amide bonds. The Morgan fingerprint density at radius 1 is 1.25 bits per heavy atom. The molecule has 0 unspecified atom stereocenters. The van der Waals surface area contributed by atoms with E-state index >= 15 is 0 Å². The Bertz CT molecular complexity index is 875. The third kappa shape index (κ3) is 2.77. The first-order valence-corrected chi connectivity index (χ1v) is 8.18. The summed E-state index contributed by atoms with van der Waals surface area (Å²) in [5.74, 6) is 0.00395. The molecule has 6 heteroatoms. The van der Waals surface area contributed by atoms with Gasteiger partial charge in [-0.25, -0.2) is 0 Å². The van der Waals surface area contributed by atoms with Gasteiger partial charge >= 0.3 is 0 Å². The SMILES string of the molecule is O=C(c1cccc2[nH]ncc12)N1CCO[C@H](c2ccc(Cl)cc2)C1. The van der Waals surface area contributed by atoms with Gasteiger partial charge in [-0.2, -0.15) is 5.10 Å². The van der Waals surface area contributed by atoms with E-state index < -0.39 is 0 Å². The Hall–Kier alpha value is -2.37. The molecule has 1 aliphatic rings. The van der Waals surface area contributed by atoms with Crippen LogP contribution in [0.25, 0.3) is 10.9 Å². The number of halogens is 1. The van der Waals surface area contributed by atoms with Gasteiger partial charge in [0.1, 0.15) is 6.10 Å². The van der Waals surface area contributed by atoms with Crippen LogP contribution in [0.1, 0.15) is 22.0 Å². The Kier molecular flexibility index (Phi) is 3.96. The zero-order valence-corrected chi connectivity index (χ0v) is 13.7. The fourth-order valence-electron chi connectivity index (χ4n) is 3.04. The fourth-order valence-corrected chi connectivity index (χ4v) is 3.16. The number of nitrogens with one attached hydrogen (secondary N) is 1. The number of hydrogen-bond donors (Lipinski definition) is 1. The number of ether oxygens (including phenoxy) is 1. The van der Waals surface area contributed by atoms with Crippen LogP contribution >= 0.6 is 11.6 Å². The minimum atomic E-state index is -0.136. The van der Waals surface area contributed by atoms with Crippen LogP contribution in [0.3, 0.4) is 0 Å². The smallest absolute Gasteiger partial charge is 0.254 e. The Morgan fingerprint density at radius 3 is 2.92 bits per heavy atom. The van der Waals surface area contributed by atoms with E-state index in [-0.39, 0.29) is 12.0 Å². The number of hydrogen-bond acceptors (Lipinski definition) is 3. The van der Waals surface area contributed by atoms with Crippen LogP contribution in [-0.4, -0.2) is 40.7 Å². The molecule has 1 atom stereocenters. The van der Waals surface area contributed by atoms with Crippen molar-refractivity contribution < 1.29 is 9.53 Å². The van der Waals surface area contributed by atoms with Gasteiger partial charge in [-0.15, -0.1) is 0 Å². The summed E-state index contributed by atoms with van der Waals surface area (Å²) in [6.45, 7) is 1.62. The highest BCUT2D eigenvalue weighted by molar-refractivity contribution is 6.30.